The minimum absolute atomic E-state index is 0.0410. The zero-order chi connectivity index (χ0) is 20.6. The predicted octanol–water partition coefficient (Wildman–Crippen LogP) is 2.57. The van der Waals surface area contributed by atoms with Crippen molar-refractivity contribution in [2.45, 2.75) is 36.7 Å². The van der Waals surface area contributed by atoms with E-state index in [2.05, 4.69) is 4.72 Å². The Kier molecular flexibility index (Phi) is 5.06. The summed E-state index contributed by atoms with van der Waals surface area (Å²) in [5, 5.41) is 10.1. The molecular formula is C21H22N2O5S. The maximum absolute atomic E-state index is 12.9. The second kappa shape index (κ2) is 7.53. The number of aryl methyl sites for hydroxylation is 1. The van der Waals surface area contributed by atoms with Crippen molar-refractivity contribution < 1.29 is 23.1 Å². The van der Waals surface area contributed by atoms with E-state index in [1.165, 1.54) is 13.2 Å². The average Bonchev–Trinajstić information content (AvgIpc) is 3.05. The molecule has 0 aliphatic heterocycles. The smallest absolute Gasteiger partial charge is 0.305 e. The lowest BCUT2D eigenvalue weighted by molar-refractivity contribution is -0.137. The molecule has 0 radical (unpaired) electrons. The molecule has 1 atom stereocenters. The van der Waals surface area contributed by atoms with E-state index in [-0.39, 0.29) is 17.4 Å². The van der Waals surface area contributed by atoms with E-state index < -0.39 is 16.0 Å². The van der Waals surface area contributed by atoms with Gasteiger partial charge in [-0.05, 0) is 42.2 Å². The summed E-state index contributed by atoms with van der Waals surface area (Å²) in [4.78, 5) is 11.1. The predicted molar refractivity (Wildman–Crippen MR) is 109 cm³/mol. The Bertz CT molecular complexity index is 1180. The van der Waals surface area contributed by atoms with Crippen molar-refractivity contribution in [3.8, 4) is 5.75 Å². The lowest BCUT2D eigenvalue weighted by Crippen LogP contribution is -2.39. The zero-order valence-electron chi connectivity index (χ0n) is 16.0. The van der Waals surface area contributed by atoms with Crippen molar-refractivity contribution in [1.29, 1.82) is 0 Å². The van der Waals surface area contributed by atoms with Gasteiger partial charge in [-0.25, -0.2) is 13.1 Å². The summed E-state index contributed by atoms with van der Waals surface area (Å²) in [5.41, 5.74) is 3.09. The number of ether oxygens (including phenoxy) is 1. The van der Waals surface area contributed by atoms with E-state index >= 15 is 0 Å². The Morgan fingerprint density at radius 2 is 1.97 bits per heavy atom. The molecule has 7 nitrogen and oxygen atoms in total. The first-order valence-corrected chi connectivity index (χ1v) is 10.8. The van der Waals surface area contributed by atoms with Crippen LogP contribution in [0.5, 0.6) is 5.75 Å². The van der Waals surface area contributed by atoms with Crippen LogP contribution in [0, 0.1) is 0 Å². The number of carboxylic acid groups (broad SMARTS) is 1. The normalized spacial score (nSPS) is 16.1. The number of rotatable bonds is 7. The van der Waals surface area contributed by atoms with Crippen molar-refractivity contribution in [3.05, 3.63) is 59.8 Å². The van der Waals surface area contributed by atoms with E-state index in [4.69, 9.17) is 9.84 Å². The molecule has 3 aromatic rings. The van der Waals surface area contributed by atoms with Gasteiger partial charge in [0.25, 0.3) is 0 Å². The summed E-state index contributed by atoms with van der Waals surface area (Å²) in [6, 6.07) is 12.0. The van der Waals surface area contributed by atoms with Gasteiger partial charge in [0.15, 0.2) is 0 Å². The minimum atomic E-state index is -3.69. The van der Waals surface area contributed by atoms with Crippen LogP contribution in [-0.2, 0) is 34.2 Å². The number of benzene rings is 2. The first kappa shape index (κ1) is 19.5. The van der Waals surface area contributed by atoms with E-state index in [9.17, 15) is 13.2 Å². The number of carboxylic acids is 1. The van der Waals surface area contributed by atoms with Gasteiger partial charge in [-0.1, -0.05) is 18.2 Å². The number of carbonyl (C=O) groups is 1. The standard InChI is InChI=1S/C21H22N2O5S/c1-28-17-5-3-6-18(12-17)29(26,27)22-16-10-14-4-2-7-19-21(14)15(11-16)13-23(19)9-8-20(24)25/h2-7,12-13,16,22H,8-11H2,1H3,(H,24,25). The molecule has 1 aliphatic rings. The number of nitrogens with one attached hydrogen (secondary N) is 1. The highest BCUT2D eigenvalue weighted by atomic mass is 32.2. The van der Waals surface area contributed by atoms with Gasteiger partial charge in [-0.3, -0.25) is 4.79 Å². The highest BCUT2D eigenvalue weighted by Crippen LogP contribution is 2.32. The lowest BCUT2D eigenvalue weighted by atomic mass is 9.90. The fourth-order valence-corrected chi connectivity index (χ4v) is 5.26. The molecule has 29 heavy (non-hydrogen) atoms. The number of methoxy groups -OCH3 is 1. The molecule has 2 N–H and O–H groups in total. The Hall–Kier alpha value is -2.84. The molecule has 1 aromatic heterocycles. The third-order valence-electron chi connectivity index (χ3n) is 5.24. The molecule has 1 aliphatic carbocycles. The fraction of sp³-hybridized carbons (Fsp3) is 0.286. The molecule has 1 unspecified atom stereocenters. The average molecular weight is 414 g/mol. The maximum atomic E-state index is 12.9. The summed E-state index contributed by atoms with van der Waals surface area (Å²) >= 11 is 0. The van der Waals surface area contributed by atoms with E-state index in [1.807, 2.05) is 29.0 Å². The number of nitrogens with zero attached hydrogens (tertiary/aromatic N) is 1. The van der Waals surface area contributed by atoms with Gasteiger partial charge in [0.1, 0.15) is 5.75 Å². The molecule has 0 saturated carbocycles. The van der Waals surface area contributed by atoms with E-state index in [1.54, 1.807) is 18.2 Å². The summed E-state index contributed by atoms with van der Waals surface area (Å²) in [6.45, 7) is 0.384. The van der Waals surface area contributed by atoms with Gasteiger partial charge in [-0.2, -0.15) is 0 Å². The van der Waals surface area contributed by atoms with Crippen LogP contribution in [0.3, 0.4) is 0 Å². The lowest BCUT2D eigenvalue weighted by Gasteiger charge is -2.23. The van der Waals surface area contributed by atoms with E-state index in [0.29, 0.717) is 25.1 Å². The van der Waals surface area contributed by atoms with Gasteiger partial charge in [0.05, 0.1) is 18.4 Å². The van der Waals surface area contributed by atoms with Gasteiger partial charge >= 0.3 is 5.97 Å². The maximum Gasteiger partial charge on any atom is 0.305 e. The third kappa shape index (κ3) is 3.86. The Labute approximate surface area is 169 Å². The molecule has 152 valence electrons. The van der Waals surface area contributed by atoms with Crippen LogP contribution < -0.4 is 9.46 Å². The molecule has 0 saturated heterocycles. The van der Waals surface area contributed by atoms with Crippen LogP contribution in [0.15, 0.2) is 53.6 Å². The second-order valence-electron chi connectivity index (χ2n) is 7.21. The summed E-state index contributed by atoms with van der Waals surface area (Å²) < 4.78 is 35.6. The summed E-state index contributed by atoms with van der Waals surface area (Å²) in [7, 11) is -2.20. The molecular weight excluding hydrogens is 392 g/mol. The third-order valence-corrected chi connectivity index (χ3v) is 6.76. The van der Waals surface area contributed by atoms with Crippen molar-refractivity contribution in [2.24, 2.45) is 0 Å². The number of hydrogen-bond donors (Lipinski definition) is 2. The first-order chi connectivity index (χ1) is 13.9. The summed E-state index contributed by atoms with van der Waals surface area (Å²) in [6.07, 6.45) is 3.12. The minimum Gasteiger partial charge on any atom is -0.497 e. The van der Waals surface area contributed by atoms with Crippen LogP contribution in [0.4, 0.5) is 0 Å². The largest absolute Gasteiger partial charge is 0.497 e. The van der Waals surface area contributed by atoms with E-state index in [0.717, 1.165) is 22.0 Å². The number of aromatic nitrogens is 1. The van der Waals surface area contributed by atoms with Crippen LogP contribution in [0.25, 0.3) is 10.9 Å². The molecule has 0 bridgehead atoms. The van der Waals surface area contributed by atoms with Crippen molar-refractivity contribution in [2.75, 3.05) is 7.11 Å². The Balaban J connectivity index is 1.60. The SMILES string of the molecule is COc1cccc(S(=O)(=O)NC2Cc3cccc4c3c(cn4CCC(=O)O)C2)c1. The zero-order valence-corrected chi connectivity index (χ0v) is 16.8. The first-order valence-electron chi connectivity index (χ1n) is 9.35. The molecule has 4 rings (SSSR count). The fourth-order valence-electron chi connectivity index (χ4n) is 3.99. The molecule has 2 aromatic carbocycles. The highest BCUT2D eigenvalue weighted by Gasteiger charge is 2.27. The van der Waals surface area contributed by atoms with Crippen LogP contribution >= 0.6 is 0 Å². The van der Waals surface area contributed by atoms with Crippen molar-refractivity contribution >= 4 is 26.9 Å². The molecule has 8 heteroatoms. The van der Waals surface area contributed by atoms with Crippen LogP contribution in [0.2, 0.25) is 0 Å². The Morgan fingerprint density at radius 3 is 2.72 bits per heavy atom. The number of sulfonamides is 1. The van der Waals surface area contributed by atoms with Gasteiger partial charge in [-0.15, -0.1) is 0 Å². The van der Waals surface area contributed by atoms with Gasteiger partial charge in [0, 0.05) is 35.8 Å². The van der Waals surface area contributed by atoms with Crippen molar-refractivity contribution in [3.63, 3.8) is 0 Å². The highest BCUT2D eigenvalue weighted by molar-refractivity contribution is 7.89. The van der Waals surface area contributed by atoms with Crippen LogP contribution in [-0.4, -0.2) is 37.2 Å². The molecule has 0 fully saturated rings. The Morgan fingerprint density at radius 1 is 1.21 bits per heavy atom. The number of aliphatic carboxylic acids is 1. The topological polar surface area (TPSA) is 97.6 Å². The quantitative estimate of drug-likeness (QED) is 0.619. The number of hydrogen-bond acceptors (Lipinski definition) is 4. The summed E-state index contributed by atoms with van der Waals surface area (Å²) in [5.74, 6) is -0.359. The van der Waals surface area contributed by atoms with Gasteiger partial charge < -0.3 is 14.4 Å². The monoisotopic (exact) mass is 414 g/mol. The molecule has 1 heterocycles. The molecule has 0 amide bonds. The van der Waals surface area contributed by atoms with Crippen LogP contribution in [0.1, 0.15) is 17.5 Å². The van der Waals surface area contributed by atoms with Gasteiger partial charge in [0.2, 0.25) is 10.0 Å². The molecule has 0 spiro atoms. The second-order valence-corrected chi connectivity index (χ2v) is 8.92. The van der Waals surface area contributed by atoms with Crippen molar-refractivity contribution in [1.82, 2.24) is 9.29 Å².